The Balaban J connectivity index is 1.78. The maximum atomic E-state index is 11.8. The highest BCUT2D eigenvalue weighted by molar-refractivity contribution is 7.89. The van der Waals surface area contributed by atoms with Crippen LogP contribution in [-0.4, -0.2) is 20.8 Å². The lowest BCUT2D eigenvalue weighted by Crippen LogP contribution is -2.28. The van der Waals surface area contributed by atoms with E-state index in [1.54, 1.807) is 43.3 Å². The third-order valence-corrected chi connectivity index (χ3v) is 4.03. The summed E-state index contributed by atoms with van der Waals surface area (Å²) < 4.78 is 36.7. The number of sulfonamides is 1. The molecule has 0 aliphatic rings. The minimum Gasteiger partial charge on any atom is -0.492 e. The Morgan fingerprint density at radius 1 is 1.29 bits per heavy atom. The molecule has 0 spiro atoms. The molecule has 1 aromatic carbocycles. The summed E-state index contributed by atoms with van der Waals surface area (Å²) in [5, 5.41) is 0. The first-order chi connectivity index (χ1) is 9.94. The number of anilines is 1. The summed E-state index contributed by atoms with van der Waals surface area (Å²) >= 11 is 0. The van der Waals surface area contributed by atoms with Gasteiger partial charge in [-0.25, -0.2) is 13.1 Å². The monoisotopic (exact) mass is 310 g/mol. The molecule has 0 amide bonds. The van der Waals surface area contributed by atoms with E-state index in [1.165, 1.54) is 0 Å². The van der Waals surface area contributed by atoms with Crippen molar-refractivity contribution in [2.45, 2.75) is 13.5 Å². The van der Waals surface area contributed by atoms with Gasteiger partial charge in [-0.3, -0.25) is 0 Å². The molecule has 1 aromatic heterocycles. The predicted molar refractivity (Wildman–Crippen MR) is 80.4 cm³/mol. The smallest absolute Gasteiger partial charge is 0.215 e. The Bertz CT molecular complexity index is 695. The van der Waals surface area contributed by atoms with Crippen molar-refractivity contribution in [2.75, 3.05) is 18.1 Å². The van der Waals surface area contributed by atoms with Gasteiger partial charge >= 0.3 is 0 Å². The maximum absolute atomic E-state index is 11.8. The Morgan fingerprint density at radius 2 is 2.10 bits per heavy atom. The lowest BCUT2D eigenvalue weighted by Gasteiger charge is -2.08. The number of hydrogen-bond donors (Lipinski definition) is 2. The van der Waals surface area contributed by atoms with Gasteiger partial charge in [0.05, 0.1) is 12.3 Å². The standard InChI is InChI=1S/C14H18N2O4S/c1-11-5-6-14(20-11)10-16-21(17,18)8-7-19-13-4-2-3-12(15)9-13/h2-6,9,16H,7-8,10,15H2,1H3. The summed E-state index contributed by atoms with van der Waals surface area (Å²) in [7, 11) is -3.42. The molecule has 0 aliphatic carbocycles. The van der Waals surface area contributed by atoms with Crippen LogP contribution < -0.4 is 15.2 Å². The number of nitrogens with one attached hydrogen (secondary N) is 1. The Labute approximate surface area is 124 Å². The van der Waals surface area contributed by atoms with Crippen LogP contribution >= 0.6 is 0 Å². The molecule has 6 nitrogen and oxygen atoms in total. The number of nitrogens with two attached hydrogens (primary N) is 1. The average Bonchev–Trinajstić information content (AvgIpc) is 2.82. The van der Waals surface area contributed by atoms with Gasteiger partial charge in [-0.05, 0) is 31.2 Å². The molecule has 114 valence electrons. The Kier molecular flexibility index (Phi) is 4.87. The van der Waals surface area contributed by atoms with E-state index >= 15 is 0 Å². The van der Waals surface area contributed by atoms with Gasteiger partial charge in [0.2, 0.25) is 10.0 Å². The van der Waals surface area contributed by atoms with Crippen molar-refractivity contribution in [3.63, 3.8) is 0 Å². The van der Waals surface area contributed by atoms with Gasteiger partial charge in [0.25, 0.3) is 0 Å². The SMILES string of the molecule is Cc1ccc(CNS(=O)(=O)CCOc2cccc(N)c2)o1. The van der Waals surface area contributed by atoms with Crippen LogP contribution in [0.15, 0.2) is 40.8 Å². The predicted octanol–water partition coefficient (Wildman–Crippen LogP) is 1.67. The van der Waals surface area contributed by atoms with Gasteiger partial charge in [0.15, 0.2) is 0 Å². The molecule has 2 rings (SSSR count). The molecule has 21 heavy (non-hydrogen) atoms. The topological polar surface area (TPSA) is 94.6 Å². The summed E-state index contributed by atoms with van der Waals surface area (Å²) in [6.45, 7) is 1.99. The van der Waals surface area contributed by atoms with E-state index in [0.717, 1.165) is 5.76 Å². The molecule has 0 fully saturated rings. The van der Waals surface area contributed by atoms with E-state index in [-0.39, 0.29) is 18.9 Å². The molecule has 0 saturated carbocycles. The van der Waals surface area contributed by atoms with Crippen LogP contribution in [0.1, 0.15) is 11.5 Å². The minimum absolute atomic E-state index is 0.0516. The quantitative estimate of drug-likeness (QED) is 0.759. The fourth-order valence-electron chi connectivity index (χ4n) is 1.71. The van der Waals surface area contributed by atoms with Crippen molar-refractivity contribution < 1.29 is 17.6 Å². The molecule has 7 heteroatoms. The number of furan rings is 1. The largest absolute Gasteiger partial charge is 0.492 e. The van der Waals surface area contributed by atoms with Crippen LogP contribution in [-0.2, 0) is 16.6 Å². The first-order valence-electron chi connectivity index (χ1n) is 6.46. The Morgan fingerprint density at radius 3 is 2.76 bits per heavy atom. The van der Waals surface area contributed by atoms with E-state index in [1.807, 2.05) is 0 Å². The normalized spacial score (nSPS) is 11.5. The van der Waals surface area contributed by atoms with Gasteiger partial charge in [0, 0.05) is 11.8 Å². The fraction of sp³-hybridized carbons (Fsp3) is 0.286. The van der Waals surface area contributed by atoms with Gasteiger partial charge in [-0.2, -0.15) is 0 Å². The molecule has 0 radical (unpaired) electrons. The van der Waals surface area contributed by atoms with Crippen molar-refractivity contribution >= 4 is 15.7 Å². The van der Waals surface area contributed by atoms with Crippen LogP contribution in [0.25, 0.3) is 0 Å². The van der Waals surface area contributed by atoms with Crippen molar-refractivity contribution in [2.24, 2.45) is 0 Å². The van der Waals surface area contributed by atoms with E-state index < -0.39 is 10.0 Å². The van der Waals surface area contributed by atoms with E-state index in [0.29, 0.717) is 17.2 Å². The van der Waals surface area contributed by atoms with Crippen LogP contribution in [0.5, 0.6) is 5.75 Å². The van der Waals surface area contributed by atoms with Crippen LogP contribution in [0, 0.1) is 6.92 Å². The number of ether oxygens (including phenoxy) is 1. The number of nitrogen functional groups attached to an aromatic ring is 1. The molecular formula is C14H18N2O4S. The lowest BCUT2D eigenvalue weighted by atomic mass is 10.3. The lowest BCUT2D eigenvalue weighted by molar-refractivity contribution is 0.340. The second-order valence-electron chi connectivity index (χ2n) is 4.57. The van der Waals surface area contributed by atoms with Crippen LogP contribution in [0.2, 0.25) is 0 Å². The summed E-state index contributed by atoms with van der Waals surface area (Å²) in [4.78, 5) is 0. The third kappa shape index (κ3) is 5.13. The zero-order chi connectivity index (χ0) is 15.3. The Hall–Kier alpha value is -1.99. The van der Waals surface area contributed by atoms with Gasteiger partial charge in [-0.15, -0.1) is 0 Å². The molecule has 1 heterocycles. The maximum Gasteiger partial charge on any atom is 0.215 e. The van der Waals surface area contributed by atoms with Crippen molar-refractivity contribution in [1.82, 2.24) is 4.72 Å². The second kappa shape index (κ2) is 6.64. The number of hydrogen-bond acceptors (Lipinski definition) is 5. The molecule has 0 aliphatic heterocycles. The summed E-state index contributed by atoms with van der Waals surface area (Å²) in [6, 6.07) is 10.4. The highest BCUT2D eigenvalue weighted by Crippen LogP contribution is 2.14. The molecule has 0 atom stereocenters. The number of rotatable bonds is 7. The number of benzene rings is 1. The van der Waals surface area contributed by atoms with Crippen LogP contribution in [0.4, 0.5) is 5.69 Å². The summed E-state index contributed by atoms with van der Waals surface area (Å²) in [5.74, 6) is 1.73. The first-order valence-corrected chi connectivity index (χ1v) is 8.11. The molecule has 2 aromatic rings. The summed E-state index contributed by atoms with van der Waals surface area (Å²) in [6.07, 6.45) is 0. The molecule has 0 unspecified atom stereocenters. The van der Waals surface area contributed by atoms with Crippen LogP contribution in [0.3, 0.4) is 0 Å². The average molecular weight is 310 g/mol. The number of aryl methyl sites for hydroxylation is 1. The molecule has 0 bridgehead atoms. The zero-order valence-electron chi connectivity index (χ0n) is 11.7. The highest BCUT2D eigenvalue weighted by Gasteiger charge is 2.11. The minimum atomic E-state index is -3.42. The molecule has 0 saturated heterocycles. The second-order valence-corrected chi connectivity index (χ2v) is 6.50. The van der Waals surface area contributed by atoms with Gasteiger partial charge in [-0.1, -0.05) is 6.07 Å². The van der Waals surface area contributed by atoms with Gasteiger partial charge < -0.3 is 14.9 Å². The van der Waals surface area contributed by atoms with Gasteiger partial charge in [0.1, 0.15) is 23.9 Å². The summed E-state index contributed by atoms with van der Waals surface area (Å²) in [5.41, 5.74) is 6.18. The highest BCUT2D eigenvalue weighted by atomic mass is 32.2. The van der Waals surface area contributed by atoms with E-state index in [4.69, 9.17) is 14.9 Å². The van der Waals surface area contributed by atoms with E-state index in [9.17, 15) is 8.42 Å². The molecule has 3 N–H and O–H groups in total. The fourth-order valence-corrected chi connectivity index (χ4v) is 2.52. The first kappa shape index (κ1) is 15.4. The molecular weight excluding hydrogens is 292 g/mol. The third-order valence-electron chi connectivity index (χ3n) is 2.74. The van der Waals surface area contributed by atoms with Crippen molar-refractivity contribution in [1.29, 1.82) is 0 Å². The van der Waals surface area contributed by atoms with E-state index in [2.05, 4.69) is 4.72 Å². The zero-order valence-corrected chi connectivity index (χ0v) is 12.5. The van der Waals surface area contributed by atoms with Crippen molar-refractivity contribution in [3.05, 3.63) is 47.9 Å². The van der Waals surface area contributed by atoms with Crippen molar-refractivity contribution in [3.8, 4) is 5.75 Å².